The van der Waals surface area contributed by atoms with Crippen LogP contribution < -0.4 is 4.74 Å². The fourth-order valence-electron chi connectivity index (χ4n) is 2.38. The van der Waals surface area contributed by atoms with Crippen LogP contribution in [0.15, 0.2) is 24.3 Å². The van der Waals surface area contributed by atoms with Crippen molar-refractivity contribution in [1.82, 2.24) is 4.90 Å². The first-order valence-electron chi connectivity index (χ1n) is 6.60. The van der Waals surface area contributed by atoms with E-state index in [9.17, 15) is 4.79 Å². The molecule has 3 nitrogen and oxygen atoms in total. The van der Waals surface area contributed by atoms with Crippen molar-refractivity contribution in [3.05, 3.63) is 29.8 Å². The number of nitrogens with zero attached hydrogens (tertiary/aromatic N) is 1. The van der Waals surface area contributed by atoms with Crippen LogP contribution in [-0.4, -0.2) is 31.0 Å². The van der Waals surface area contributed by atoms with Gasteiger partial charge in [-0.1, -0.05) is 25.1 Å². The molecule has 18 heavy (non-hydrogen) atoms. The lowest BCUT2D eigenvalue weighted by Crippen LogP contribution is -2.38. The maximum absolute atomic E-state index is 12.2. The molecule has 1 saturated heterocycles. The number of amides is 1. The van der Waals surface area contributed by atoms with E-state index in [0.717, 1.165) is 43.2 Å². The van der Waals surface area contributed by atoms with Crippen LogP contribution in [0.1, 0.15) is 25.3 Å². The van der Waals surface area contributed by atoms with E-state index in [2.05, 4.69) is 6.92 Å². The van der Waals surface area contributed by atoms with Gasteiger partial charge in [-0.3, -0.25) is 4.79 Å². The molecule has 1 heterocycles. The molecule has 1 fully saturated rings. The Bertz CT molecular complexity index is 409. The average Bonchev–Trinajstić information content (AvgIpc) is 2.40. The van der Waals surface area contributed by atoms with Gasteiger partial charge in [-0.15, -0.1) is 0 Å². The van der Waals surface area contributed by atoms with Gasteiger partial charge in [0.1, 0.15) is 5.75 Å². The van der Waals surface area contributed by atoms with E-state index >= 15 is 0 Å². The van der Waals surface area contributed by atoms with Crippen LogP contribution in [0.3, 0.4) is 0 Å². The first-order chi connectivity index (χ1) is 8.70. The van der Waals surface area contributed by atoms with Gasteiger partial charge in [0.2, 0.25) is 5.91 Å². The van der Waals surface area contributed by atoms with Crippen LogP contribution in [0.4, 0.5) is 0 Å². The Labute approximate surface area is 109 Å². The van der Waals surface area contributed by atoms with Gasteiger partial charge in [-0.25, -0.2) is 0 Å². The topological polar surface area (TPSA) is 29.5 Å². The minimum Gasteiger partial charge on any atom is -0.496 e. The van der Waals surface area contributed by atoms with Crippen LogP contribution in [-0.2, 0) is 11.2 Å². The molecule has 3 heteroatoms. The SMILES string of the molecule is COc1ccccc1CC(=O)N1CCC(C)CC1. The number of piperidine rings is 1. The summed E-state index contributed by atoms with van der Waals surface area (Å²) in [4.78, 5) is 14.2. The van der Waals surface area contributed by atoms with E-state index in [1.54, 1.807) is 7.11 Å². The van der Waals surface area contributed by atoms with Crippen molar-refractivity contribution >= 4 is 5.91 Å². The summed E-state index contributed by atoms with van der Waals surface area (Å²) in [5.74, 6) is 1.77. The number of methoxy groups -OCH3 is 1. The molecule has 1 aromatic carbocycles. The van der Waals surface area contributed by atoms with E-state index in [1.165, 1.54) is 0 Å². The molecule has 2 rings (SSSR count). The molecule has 1 aliphatic rings. The van der Waals surface area contributed by atoms with E-state index in [4.69, 9.17) is 4.74 Å². The Morgan fingerprint density at radius 2 is 2.00 bits per heavy atom. The smallest absolute Gasteiger partial charge is 0.227 e. The number of para-hydroxylation sites is 1. The fraction of sp³-hybridized carbons (Fsp3) is 0.533. The standard InChI is InChI=1S/C15H21NO2/c1-12-7-9-16(10-8-12)15(17)11-13-5-3-4-6-14(13)18-2/h3-6,12H,7-11H2,1-2H3. The second-order valence-corrected chi connectivity index (χ2v) is 5.05. The van der Waals surface area contributed by atoms with Gasteiger partial charge < -0.3 is 9.64 Å². The molecule has 1 aromatic rings. The number of likely N-dealkylation sites (tertiary alicyclic amines) is 1. The molecule has 0 atom stereocenters. The highest BCUT2D eigenvalue weighted by Crippen LogP contribution is 2.21. The van der Waals surface area contributed by atoms with Gasteiger partial charge in [0.15, 0.2) is 0 Å². The lowest BCUT2D eigenvalue weighted by Gasteiger charge is -2.30. The molecular formula is C15H21NO2. The van der Waals surface area contributed by atoms with Crippen molar-refractivity contribution in [3.63, 3.8) is 0 Å². The van der Waals surface area contributed by atoms with Crippen LogP contribution in [0.25, 0.3) is 0 Å². The third kappa shape index (κ3) is 3.03. The number of rotatable bonds is 3. The molecular weight excluding hydrogens is 226 g/mol. The van der Waals surface area contributed by atoms with E-state index in [1.807, 2.05) is 29.2 Å². The summed E-state index contributed by atoms with van der Waals surface area (Å²) in [6, 6.07) is 7.74. The summed E-state index contributed by atoms with van der Waals surface area (Å²) < 4.78 is 5.28. The fourth-order valence-corrected chi connectivity index (χ4v) is 2.38. The summed E-state index contributed by atoms with van der Waals surface area (Å²) in [7, 11) is 1.64. The molecule has 0 radical (unpaired) electrons. The molecule has 98 valence electrons. The number of benzene rings is 1. The van der Waals surface area contributed by atoms with E-state index < -0.39 is 0 Å². The first-order valence-corrected chi connectivity index (χ1v) is 6.60. The minimum atomic E-state index is 0.214. The lowest BCUT2D eigenvalue weighted by atomic mass is 9.98. The highest BCUT2D eigenvalue weighted by Gasteiger charge is 2.21. The number of carbonyl (C=O) groups is 1. The molecule has 0 saturated carbocycles. The molecule has 0 spiro atoms. The Kier molecular flexibility index (Phi) is 4.24. The van der Waals surface area contributed by atoms with Gasteiger partial charge in [-0.05, 0) is 24.8 Å². The summed E-state index contributed by atoms with van der Waals surface area (Å²) in [6.45, 7) is 4.05. The van der Waals surface area contributed by atoms with Gasteiger partial charge in [0.05, 0.1) is 13.5 Å². The predicted molar refractivity (Wildman–Crippen MR) is 71.7 cm³/mol. The van der Waals surface area contributed by atoms with Crippen molar-refractivity contribution < 1.29 is 9.53 Å². The Morgan fingerprint density at radius 1 is 1.33 bits per heavy atom. The monoisotopic (exact) mass is 247 g/mol. The molecule has 0 aliphatic carbocycles. The van der Waals surface area contributed by atoms with Gasteiger partial charge in [0.25, 0.3) is 0 Å². The van der Waals surface area contributed by atoms with Crippen LogP contribution >= 0.6 is 0 Å². The molecule has 1 aliphatic heterocycles. The summed E-state index contributed by atoms with van der Waals surface area (Å²) >= 11 is 0. The summed E-state index contributed by atoms with van der Waals surface area (Å²) in [6.07, 6.45) is 2.69. The van der Waals surface area contributed by atoms with Gasteiger partial charge in [-0.2, -0.15) is 0 Å². The molecule has 0 N–H and O–H groups in total. The largest absolute Gasteiger partial charge is 0.496 e. The van der Waals surface area contributed by atoms with Gasteiger partial charge >= 0.3 is 0 Å². The number of ether oxygens (including phenoxy) is 1. The average molecular weight is 247 g/mol. The Hall–Kier alpha value is -1.51. The first kappa shape index (κ1) is 12.9. The van der Waals surface area contributed by atoms with Crippen molar-refractivity contribution in [2.75, 3.05) is 20.2 Å². The van der Waals surface area contributed by atoms with Crippen LogP contribution in [0.5, 0.6) is 5.75 Å². The van der Waals surface area contributed by atoms with Gasteiger partial charge in [0, 0.05) is 18.7 Å². The van der Waals surface area contributed by atoms with Crippen molar-refractivity contribution in [1.29, 1.82) is 0 Å². The molecule has 0 bridgehead atoms. The number of carbonyl (C=O) groups excluding carboxylic acids is 1. The highest BCUT2D eigenvalue weighted by atomic mass is 16.5. The third-order valence-electron chi connectivity index (χ3n) is 3.67. The lowest BCUT2D eigenvalue weighted by molar-refractivity contribution is -0.131. The minimum absolute atomic E-state index is 0.214. The van der Waals surface area contributed by atoms with E-state index in [-0.39, 0.29) is 5.91 Å². The zero-order chi connectivity index (χ0) is 13.0. The summed E-state index contributed by atoms with van der Waals surface area (Å²) in [5.41, 5.74) is 0.976. The number of hydrogen-bond acceptors (Lipinski definition) is 2. The van der Waals surface area contributed by atoms with Crippen molar-refractivity contribution in [2.24, 2.45) is 5.92 Å². The highest BCUT2D eigenvalue weighted by molar-refractivity contribution is 5.79. The Balaban J connectivity index is 1.98. The summed E-state index contributed by atoms with van der Waals surface area (Å²) in [5, 5.41) is 0. The predicted octanol–water partition coefficient (Wildman–Crippen LogP) is 2.50. The molecule has 0 unspecified atom stereocenters. The van der Waals surface area contributed by atoms with E-state index in [0.29, 0.717) is 6.42 Å². The number of hydrogen-bond donors (Lipinski definition) is 0. The normalized spacial score (nSPS) is 16.7. The van der Waals surface area contributed by atoms with Crippen LogP contribution in [0.2, 0.25) is 0 Å². The maximum Gasteiger partial charge on any atom is 0.227 e. The Morgan fingerprint density at radius 3 is 2.67 bits per heavy atom. The van der Waals surface area contributed by atoms with Crippen molar-refractivity contribution in [2.45, 2.75) is 26.2 Å². The second kappa shape index (κ2) is 5.89. The van der Waals surface area contributed by atoms with Crippen LogP contribution in [0, 0.1) is 5.92 Å². The third-order valence-corrected chi connectivity index (χ3v) is 3.67. The molecule has 1 amide bonds. The van der Waals surface area contributed by atoms with Crippen molar-refractivity contribution in [3.8, 4) is 5.75 Å². The quantitative estimate of drug-likeness (QED) is 0.821. The zero-order valence-corrected chi connectivity index (χ0v) is 11.2. The zero-order valence-electron chi connectivity index (χ0n) is 11.2. The molecule has 0 aromatic heterocycles. The second-order valence-electron chi connectivity index (χ2n) is 5.05. The maximum atomic E-state index is 12.2.